The van der Waals surface area contributed by atoms with Gasteiger partial charge in [0.1, 0.15) is 5.69 Å². The number of rotatable bonds is 3. The van der Waals surface area contributed by atoms with Crippen LogP contribution in [0.1, 0.15) is 18.5 Å². The maximum atomic E-state index is 13.4. The van der Waals surface area contributed by atoms with E-state index in [1.54, 1.807) is 11.6 Å². The van der Waals surface area contributed by atoms with Crippen LogP contribution < -0.4 is 10.5 Å². The standard InChI is InChI=1S/C9H12F2N2O2S/c1-5(12)6-3-7(10)9(8(11)4-6)13-16(2,14)15/h3-5,13H,12H2,1-2H3. The lowest BCUT2D eigenvalue weighted by Crippen LogP contribution is -2.14. The summed E-state index contributed by atoms with van der Waals surface area (Å²) in [5.41, 5.74) is 5.03. The molecule has 0 heterocycles. The second-order valence-electron chi connectivity index (χ2n) is 3.52. The minimum absolute atomic E-state index is 0.258. The van der Waals surface area contributed by atoms with Crippen molar-refractivity contribution in [3.05, 3.63) is 29.3 Å². The van der Waals surface area contributed by atoms with Gasteiger partial charge in [0.2, 0.25) is 10.0 Å². The summed E-state index contributed by atoms with van der Waals surface area (Å²) in [7, 11) is -3.72. The highest BCUT2D eigenvalue weighted by Crippen LogP contribution is 2.23. The van der Waals surface area contributed by atoms with Gasteiger partial charge >= 0.3 is 0 Å². The fourth-order valence-electron chi connectivity index (χ4n) is 1.14. The lowest BCUT2D eigenvalue weighted by molar-refractivity contribution is 0.579. The van der Waals surface area contributed by atoms with E-state index in [0.717, 1.165) is 18.4 Å². The fourth-order valence-corrected chi connectivity index (χ4v) is 1.70. The topological polar surface area (TPSA) is 72.2 Å². The minimum Gasteiger partial charge on any atom is -0.324 e. The van der Waals surface area contributed by atoms with Crippen LogP contribution in [0.4, 0.5) is 14.5 Å². The number of anilines is 1. The number of halogens is 2. The third-order valence-corrected chi connectivity index (χ3v) is 2.45. The van der Waals surface area contributed by atoms with E-state index in [9.17, 15) is 17.2 Å². The molecule has 0 radical (unpaired) electrons. The zero-order chi connectivity index (χ0) is 12.5. The molecule has 0 aliphatic heterocycles. The first-order chi connectivity index (χ1) is 7.20. The summed E-state index contributed by atoms with van der Waals surface area (Å²) < 4.78 is 50.2. The predicted molar refractivity (Wildman–Crippen MR) is 57.4 cm³/mol. The second kappa shape index (κ2) is 4.34. The number of hydrogen-bond acceptors (Lipinski definition) is 3. The van der Waals surface area contributed by atoms with Gasteiger partial charge in [0.05, 0.1) is 6.26 Å². The molecule has 16 heavy (non-hydrogen) atoms. The lowest BCUT2D eigenvalue weighted by Gasteiger charge is -2.11. The first-order valence-corrected chi connectivity index (χ1v) is 6.32. The second-order valence-corrected chi connectivity index (χ2v) is 5.27. The molecule has 0 aliphatic rings. The fraction of sp³-hybridized carbons (Fsp3) is 0.333. The van der Waals surface area contributed by atoms with E-state index in [1.165, 1.54) is 0 Å². The molecule has 1 aromatic carbocycles. The van der Waals surface area contributed by atoms with Crippen molar-refractivity contribution < 1.29 is 17.2 Å². The van der Waals surface area contributed by atoms with Crippen molar-refractivity contribution in [3.8, 4) is 0 Å². The van der Waals surface area contributed by atoms with Crippen molar-refractivity contribution in [2.75, 3.05) is 11.0 Å². The number of sulfonamides is 1. The molecule has 4 nitrogen and oxygen atoms in total. The van der Waals surface area contributed by atoms with Gasteiger partial charge in [-0.05, 0) is 24.6 Å². The number of hydrogen-bond donors (Lipinski definition) is 2. The van der Waals surface area contributed by atoms with Gasteiger partial charge in [0, 0.05) is 6.04 Å². The molecule has 7 heteroatoms. The highest BCUT2D eigenvalue weighted by Gasteiger charge is 2.15. The SMILES string of the molecule is CC(N)c1cc(F)c(NS(C)(=O)=O)c(F)c1. The van der Waals surface area contributed by atoms with Crippen molar-refractivity contribution in [3.63, 3.8) is 0 Å². The number of benzene rings is 1. The van der Waals surface area contributed by atoms with Crippen LogP contribution in [0.3, 0.4) is 0 Å². The Kier molecular flexibility index (Phi) is 3.49. The largest absolute Gasteiger partial charge is 0.324 e. The summed E-state index contributed by atoms with van der Waals surface area (Å²) in [6.45, 7) is 1.57. The van der Waals surface area contributed by atoms with E-state index in [0.29, 0.717) is 0 Å². The van der Waals surface area contributed by atoms with Crippen LogP contribution >= 0.6 is 0 Å². The number of nitrogens with one attached hydrogen (secondary N) is 1. The molecule has 0 aliphatic carbocycles. The van der Waals surface area contributed by atoms with Gasteiger partial charge in [-0.1, -0.05) is 0 Å². The summed E-state index contributed by atoms with van der Waals surface area (Å²) in [4.78, 5) is 0. The Bertz CT molecular complexity index is 477. The average molecular weight is 250 g/mol. The highest BCUT2D eigenvalue weighted by atomic mass is 32.2. The summed E-state index contributed by atoms with van der Waals surface area (Å²) in [5.74, 6) is -1.98. The smallest absolute Gasteiger partial charge is 0.230 e. The van der Waals surface area contributed by atoms with E-state index >= 15 is 0 Å². The Morgan fingerprint density at radius 1 is 1.31 bits per heavy atom. The van der Waals surface area contributed by atoms with Gasteiger partial charge < -0.3 is 5.73 Å². The molecular weight excluding hydrogens is 238 g/mol. The van der Waals surface area contributed by atoms with E-state index in [1.807, 2.05) is 0 Å². The van der Waals surface area contributed by atoms with E-state index < -0.39 is 33.4 Å². The Morgan fingerprint density at radius 2 is 1.75 bits per heavy atom. The number of nitrogens with two attached hydrogens (primary N) is 1. The first kappa shape index (κ1) is 12.9. The summed E-state index contributed by atoms with van der Waals surface area (Å²) >= 11 is 0. The Morgan fingerprint density at radius 3 is 2.06 bits per heavy atom. The molecule has 0 aromatic heterocycles. The molecule has 1 atom stereocenters. The average Bonchev–Trinajstić information content (AvgIpc) is 2.09. The minimum atomic E-state index is -3.72. The van der Waals surface area contributed by atoms with Gasteiger partial charge in [-0.2, -0.15) is 0 Å². The van der Waals surface area contributed by atoms with Gasteiger partial charge in [-0.3, -0.25) is 4.72 Å². The molecule has 0 bridgehead atoms. The van der Waals surface area contributed by atoms with Gasteiger partial charge in [0.15, 0.2) is 11.6 Å². The van der Waals surface area contributed by atoms with Crippen LogP contribution in [0, 0.1) is 11.6 Å². The van der Waals surface area contributed by atoms with Crippen LogP contribution in [0.15, 0.2) is 12.1 Å². The van der Waals surface area contributed by atoms with Crippen molar-refractivity contribution in [2.24, 2.45) is 5.73 Å². The highest BCUT2D eigenvalue weighted by molar-refractivity contribution is 7.92. The first-order valence-electron chi connectivity index (χ1n) is 4.43. The van der Waals surface area contributed by atoms with Gasteiger partial charge in [-0.15, -0.1) is 0 Å². The molecule has 0 saturated heterocycles. The monoisotopic (exact) mass is 250 g/mol. The molecular formula is C9H12F2N2O2S. The summed E-state index contributed by atoms with van der Waals surface area (Å²) in [6, 6.07) is 1.47. The summed E-state index contributed by atoms with van der Waals surface area (Å²) in [5, 5.41) is 0. The molecule has 1 rings (SSSR count). The third kappa shape index (κ3) is 3.14. The lowest BCUT2D eigenvalue weighted by atomic mass is 10.1. The zero-order valence-corrected chi connectivity index (χ0v) is 9.61. The summed E-state index contributed by atoms with van der Waals surface area (Å²) in [6.07, 6.45) is 0.811. The van der Waals surface area contributed by atoms with E-state index in [4.69, 9.17) is 5.73 Å². The van der Waals surface area contributed by atoms with Crippen molar-refractivity contribution in [2.45, 2.75) is 13.0 Å². The molecule has 3 N–H and O–H groups in total. The molecule has 0 saturated carbocycles. The van der Waals surface area contributed by atoms with Crippen molar-refractivity contribution >= 4 is 15.7 Å². The third-order valence-electron chi connectivity index (χ3n) is 1.88. The molecule has 1 unspecified atom stereocenters. The molecule has 1 aromatic rings. The normalized spacial score (nSPS) is 13.6. The quantitative estimate of drug-likeness (QED) is 0.850. The van der Waals surface area contributed by atoms with Crippen molar-refractivity contribution in [1.29, 1.82) is 0 Å². The van der Waals surface area contributed by atoms with Crippen LogP contribution in [-0.2, 0) is 10.0 Å². The van der Waals surface area contributed by atoms with Crippen LogP contribution in [-0.4, -0.2) is 14.7 Å². The van der Waals surface area contributed by atoms with Gasteiger partial charge in [-0.25, -0.2) is 17.2 Å². The Hall–Kier alpha value is -1.21. The van der Waals surface area contributed by atoms with Gasteiger partial charge in [0.25, 0.3) is 0 Å². The maximum Gasteiger partial charge on any atom is 0.230 e. The molecule has 90 valence electrons. The molecule has 0 amide bonds. The van der Waals surface area contributed by atoms with E-state index in [-0.39, 0.29) is 5.56 Å². The van der Waals surface area contributed by atoms with Crippen LogP contribution in [0.25, 0.3) is 0 Å². The Labute approximate surface area is 92.5 Å². The van der Waals surface area contributed by atoms with Crippen molar-refractivity contribution in [1.82, 2.24) is 0 Å². The predicted octanol–water partition coefficient (Wildman–Crippen LogP) is 1.36. The van der Waals surface area contributed by atoms with Crippen LogP contribution in [0.2, 0.25) is 0 Å². The molecule has 0 fully saturated rings. The Balaban J connectivity index is 3.23. The maximum absolute atomic E-state index is 13.4. The van der Waals surface area contributed by atoms with E-state index in [2.05, 4.69) is 0 Å². The zero-order valence-electron chi connectivity index (χ0n) is 8.79. The molecule has 0 spiro atoms. The van der Waals surface area contributed by atoms with Crippen LogP contribution in [0.5, 0.6) is 0 Å².